The Kier molecular flexibility index (Phi) is 3.39. The van der Waals surface area contributed by atoms with Gasteiger partial charge in [-0.25, -0.2) is 4.39 Å². The molecule has 0 bridgehead atoms. The first-order chi connectivity index (χ1) is 6.67. The van der Waals surface area contributed by atoms with Gasteiger partial charge in [0.1, 0.15) is 23.5 Å². The van der Waals surface area contributed by atoms with Crippen LogP contribution in [0.1, 0.15) is 5.56 Å². The number of hydrogen-bond donors (Lipinski definition) is 0. The molecular formula is C10H4BrFN2. The van der Waals surface area contributed by atoms with Gasteiger partial charge >= 0.3 is 0 Å². The van der Waals surface area contributed by atoms with Crippen molar-refractivity contribution in [1.82, 2.24) is 0 Å². The molecule has 0 fully saturated rings. The van der Waals surface area contributed by atoms with Gasteiger partial charge in [0.2, 0.25) is 0 Å². The monoisotopic (exact) mass is 250 g/mol. The molecule has 0 aliphatic rings. The highest BCUT2D eigenvalue weighted by atomic mass is 79.9. The third-order valence-electron chi connectivity index (χ3n) is 1.50. The van der Waals surface area contributed by atoms with Crippen molar-refractivity contribution in [2.45, 2.75) is 0 Å². The van der Waals surface area contributed by atoms with Gasteiger partial charge in [0.25, 0.3) is 0 Å². The Balaban J connectivity index is 3.22. The highest BCUT2D eigenvalue weighted by molar-refractivity contribution is 9.10. The molecule has 2 nitrogen and oxygen atoms in total. The fourth-order valence-electron chi connectivity index (χ4n) is 0.870. The lowest BCUT2D eigenvalue weighted by molar-refractivity contribution is 0.624. The van der Waals surface area contributed by atoms with E-state index in [0.29, 0.717) is 4.47 Å². The number of rotatable bonds is 1. The molecule has 68 valence electrons. The summed E-state index contributed by atoms with van der Waals surface area (Å²) in [6.07, 6.45) is 1.21. The third kappa shape index (κ3) is 2.42. The number of hydrogen-bond acceptors (Lipinski definition) is 2. The van der Waals surface area contributed by atoms with E-state index in [0.717, 1.165) is 0 Å². The van der Waals surface area contributed by atoms with Gasteiger partial charge in [0.15, 0.2) is 0 Å². The van der Waals surface area contributed by atoms with Crippen LogP contribution in [0.25, 0.3) is 6.08 Å². The minimum absolute atomic E-state index is 0.123. The summed E-state index contributed by atoms with van der Waals surface area (Å²) < 4.78 is 13.8. The molecule has 1 aromatic rings. The zero-order chi connectivity index (χ0) is 10.6. The van der Waals surface area contributed by atoms with Gasteiger partial charge in [-0.1, -0.05) is 15.9 Å². The zero-order valence-electron chi connectivity index (χ0n) is 6.96. The smallest absolute Gasteiger partial charge is 0.130 e. The summed E-state index contributed by atoms with van der Waals surface area (Å²) in [6, 6.07) is 7.65. The van der Waals surface area contributed by atoms with E-state index >= 15 is 0 Å². The lowest BCUT2D eigenvalue weighted by atomic mass is 10.1. The van der Waals surface area contributed by atoms with E-state index in [2.05, 4.69) is 15.9 Å². The predicted molar refractivity (Wildman–Crippen MR) is 53.3 cm³/mol. The van der Waals surface area contributed by atoms with Gasteiger partial charge in [-0.15, -0.1) is 0 Å². The molecule has 0 aromatic heterocycles. The molecule has 0 unspecified atom stereocenters. The quantitative estimate of drug-likeness (QED) is 0.720. The van der Waals surface area contributed by atoms with Crippen LogP contribution < -0.4 is 0 Å². The maximum absolute atomic E-state index is 13.1. The van der Waals surface area contributed by atoms with Crippen molar-refractivity contribution in [2.75, 3.05) is 0 Å². The van der Waals surface area contributed by atoms with Crippen LogP contribution in [0.3, 0.4) is 0 Å². The van der Waals surface area contributed by atoms with Gasteiger partial charge in [-0.2, -0.15) is 10.5 Å². The molecule has 0 saturated heterocycles. The van der Waals surface area contributed by atoms with Crippen LogP contribution >= 0.6 is 15.9 Å². The molecule has 14 heavy (non-hydrogen) atoms. The van der Waals surface area contributed by atoms with E-state index in [1.165, 1.54) is 18.2 Å². The predicted octanol–water partition coefficient (Wildman–Crippen LogP) is 3.02. The normalized spacial score (nSPS) is 8.57. The molecule has 0 saturated carbocycles. The maximum atomic E-state index is 13.1. The van der Waals surface area contributed by atoms with Crippen LogP contribution in [0.4, 0.5) is 4.39 Å². The Morgan fingerprint density at radius 3 is 2.57 bits per heavy atom. The summed E-state index contributed by atoms with van der Waals surface area (Å²) in [4.78, 5) is 0. The second-order valence-electron chi connectivity index (χ2n) is 2.45. The molecule has 0 N–H and O–H groups in total. The van der Waals surface area contributed by atoms with Gasteiger partial charge in [0, 0.05) is 10.0 Å². The van der Waals surface area contributed by atoms with Crippen molar-refractivity contribution in [2.24, 2.45) is 0 Å². The Bertz CT molecular complexity index is 450. The number of halogens is 2. The molecule has 0 amide bonds. The largest absolute Gasteiger partial charge is 0.206 e. The van der Waals surface area contributed by atoms with Crippen molar-refractivity contribution >= 4 is 22.0 Å². The minimum Gasteiger partial charge on any atom is -0.206 e. The second kappa shape index (κ2) is 4.55. The molecule has 0 aliphatic heterocycles. The SMILES string of the molecule is N#CC(C#N)=Cc1cc(Br)ccc1F. The average molecular weight is 251 g/mol. The van der Waals surface area contributed by atoms with Gasteiger partial charge < -0.3 is 0 Å². The molecule has 0 spiro atoms. The Morgan fingerprint density at radius 1 is 1.36 bits per heavy atom. The molecule has 0 radical (unpaired) electrons. The average Bonchev–Trinajstić information content (AvgIpc) is 2.19. The van der Waals surface area contributed by atoms with Crippen molar-refractivity contribution < 1.29 is 4.39 Å². The molecular weight excluding hydrogens is 247 g/mol. The van der Waals surface area contributed by atoms with Crippen LogP contribution in [-0.4, -0.2) is 0 Å². The van der Waals surface area contributed by atoms with E-state index in [1.54, 1.807) is 18.2 Å². The summed E-state index contributed by atoms with van der Waals surface area (Å²) in [7, 11) is 0. The minimum atomic E-state index is -0.462. The van der Waals surface area contributed by atoms with Crippen molar-refractivity contribution in [3.63, 3.8) is 0 Å². The first-order valence-corrected chi connectivity index (χ1v) is 4.43. The standard InChI is InChI=1S/C10H4BrFN2/c11-9-1-2-10(12)8(4-9)3-7(5-13)6-14/h1-4H. The van der Waals surface area contributed by atoms with E-state index < -0.39 is 5.82 Å². The van der Waals surface area contributed by atoms with E-state index in [9.17, 15) is 4.39 Å². The third-order valence-corrected chi connectivity index (χ3v) is 1.99. The van der Waals surface area contributed by atoms with Crippen molar-refractivity contribution in [3.8, 4) is 12.1 Å². The molecule has 1 aromatic carbocycles. The fourth-order valence-corrected chi connectivity index (χ4v) is 1.25. The van der Waals surface area contributed by atoms with E-state index in [1.807, 2.05) is 0 Å². The van der Waals surface area contributed by atoms with Crippen LogP contribution in [0.15, 0.2) is 28.2 Å². The van der Waals surface area contributed by atoms with Crippen LogP contribution in [-0.2, 0) is 0 Å². The molecule has 1 rings (SSSR count). The number of nitriles is 2. The van der Waals surface area contributed by atoms with Crippen LogP contribution in [0.5, 0.6) is 0 Å². The number of nitrogens with zero attached hydrogens (tertiary/aromatic N) is 2. The highest BCUT2D eigenvalue weighted by Gasteiger charge is 2.01. The van der Waals surface area contributed by atoms with Crippen molar-refractivity contribution in [3.05, 3.63) is 39.6 Å². The molecule has 4 heteroatoms. The Hall–Kier alpha value is -1.65. The Morgan fingerprint density at radius 2 is 2.00 bits per heavy atom. The first-order valence-electron chi connectivity index (χ1n) is 3.64. The lowest BCUT2D eigenvalue weighted by Gasteiger charge is -1.96. The summed E-state index contributed by atoms with van der Waals surface area (Å²) in [5.74, 6) is -0.462. The fraction of sp³-hybridized carbons (Fsp3) is 0. The summed E-state index contributed by atoms with van der Waals surface area (Å²) in [6.45, 7) is 0. The summed E-state index contributed by atoms with van der Waals surface area (Å²) in [5.41, 5.74) is 0.0967. The molecule has 0 aliphatic carbocycles. The van der Waals surface area contributed by atoms with E-state index in [-0.39, 0.29) is 11.1 Å². The molecule has 0 heterocycles. The summed E-state index contributed by atoms with van der Waals surface area (Å²) in [5, 5.41) is 16.9. The van der Waals surface area contributed by atoms with Gasteiger partial charge in [-0.05, 0) is 24.3 Å². The van der Waals surface area contributed by atoms with E-state index in [4.69, 9.17) is 10.5 Å². The second-order valence-corrected chi connectivity index (χ2v) is 3.36. The Labute approximate surface area is 89.0 Å². The van der Waals surface area contributed by atoms with Gasteiger partial charge in [0.05, 0.1) is 0 Å². The van der Waals surface area contributed by atoms with Crippen LogP contribution in [0.2, 0.25) is 0 Å². The topological polar surface area (TPSA) is 47.6 Å². The number of benzene rings is 1. The lowest BCUT2D eigenvalue weighted by Crippen LogP contribution is -1.83. The van der Waals surface area contributed by atoms with Crippen LogP contribution in [0, 0.1) is 28.5 Å². The number of allylic oxidation sites excluding steroid dienone is 1. The summed E-state index contributed by atoms with van der Waals surface area (Å²) >= 11 is 3.17. The first kappa shape index (κ1) is 10.4. The zero-order valence-corrected chi connectivity index (χ0v) is 8.55. The van der Waals surface area contributed by atoms with Crippen molar-refractivity contribution in [1.29, 1.82) is 10.5 Å². The highest BCUT2D eigenvalue weighted by Crippen LogP contribution is 2.17. The molecule has 0 atom stereocenters. The van der Waals surface area contributed by atoms with Gasteiger partial charge in [-0.3, -0.25) is 0 Å². The maximum Gasteiger partial charge on any atom is 0.130 e.